The van der Waals surface area contributed by atoms with Gasteiger partial charge >= 0.3 is 0 Å². The number of hydrogen-bond donors (Lipinski definition) is 0. The van der Waals surface area contributed by atoms with Gasteiger partial charge in [0.05, 0.1) is 4.43 Å². The van der Waals surface area contributed by atoms with E-state index in [-0.39, 0.29) is 5.92 Å². The van der Waals surface area contributed by atoms with Crippen molar-refractivity contribution in [1.29, 1.82) is 0 Å². The van der Waals surface area contributed by atoms with Crippen LogP contribution < -0.4 is 0 Å². The van der Waals surface area contributed by atoms with Gasteiger partial charge in [0.25, 0.3) is 0 Å². The lowest BCUT2D eigenvalue weighted by Gasteiger charge is -2.21. The first-order valence-electron chi connectivity index (χ1n) is 8.51. The minimum Gasteiger partial charge on any atom is -0.299 e. The number of aryl methyl sites for hydroxylation is 2. The molecule has 1 rings (SSSR count). The topological polar surface area (TPSA) is 42.9 Å². The summed E-state index contributed by atoms with van der Waals surface area (Å²) < 4.78 is 0.605. The molecule has 124 valence electrons. The smallest absolute Gasteiger partial charge is 0.145 e. The monoisotopic (exact) mass is 416 g/mol. The van der Waals surface area contributed by atoms with Crippen LogP contribution in [-0.2, 0) is 17.6 Å². The number of aromatic nitrogens is 2. The third-order valence-electron chi connectivity index (χ3n) is 4.20. The van der Waals surface area contributed by atoms with Crippen molar-refractivity contribution in [3.8, 4) is 0 Å². The molecule has 0 spiro atoms. The molecule has 0 amide bonds. The molecule has 4 heteroatoms. The molecule has 22 heavy (non-hydrogen) atoms. The SMILES string of the molecule is CCCCc1ccnc(CCC(C(=O)CI)C(C)CCC)n1. The number of Topliss-reactive ketones (excluding diaryl/α,β-unsaturated/α-hetero) is 1. The molecule has 2 unspecified atom stereocenters. The molecule has 0 aliphatic carbocycles. The van der Waals surface area contributed by atoms with Gasteiger partial charge in [-0.3, -0.25) is 4.79 Å². The molecule has 0 saturated carbocycles. The van der Waals surface area contributed by atoms with Gasteiger partial charge in [-0.1, -0.05) is 62.6 Å². The van der Waals surface area contributed by atoms with Crippen LogP contribution in [0.5, 0.6) is 0 Å². The van der Waals surface area contributed by atoms with Gasteiger partial charge in [0, 0.05) is 24.2 Å². The molecular weight excluding hydrogens is 387 g/mol. The molecule has 0 aromatic carbocycles. The standard InChI is InChI=1S/C18H29IN2O/c1-4-6-8-15-11-12-20-18(21-15)10-9-16(17(22)13-19)14(3)7-5-2/h11-12,14,16H,4-10,13H2,1-3H3. The zero-order chi connectivity index (χ0) is 16.4. The van der Waals surface area contributed by atoms with Crippen LogP contribution >= 0.6 is 22.6 Å². The maximum absolute atomic E-state index is 12.2. The van der Waals surface area contributed by atoms with E-state index in [0.717, 1.165) is 43.6 Å². The Kier molecular flexibility index (Phi) is 9.84. The van der Waals surface area contributed by atoms with Crippen molar-refractivity contribution in [3.63, 3.8) is 0 Å². The van der Waals surface area contributed by atoms with Crippen LogP contribution in [0.2, 0.25) is 0 Å². The Morgan fingerprint density at radius 2 is 2.00 bits per heavy atom. The lowest BCUT2D eigenvalue weighted by atomic mass is 9.84. The maximum atomic E-state index is 12.2. The Bertz CT molecular complexity index is 450. The second-order valence-electron chi connectivity index (χ2n) is 6.08. The fourth-order valence-electron chi connectivity index (χ4n) is 2.86. The Morgan fingerprint density at radius 3 is 2.64 bits per heavy atom. The first kappa shape index (κ1) is 19.5. The van der Waals surface area contributed by atoms with Crippen LogP contribution in [0.15, 0.2) is 12.3 Å². The highest BCUT2D eigenvalue weighted by Crippen LogP contribution is 2.24. The molecule has 0 aliphatic heterocycles. The average molecular weight is 416 g/mol. The quantitative estimate of drug-likeness (QED) is 0.384. The molecule has 1 aromatic rings. The molecule has 1 aromatic heterocycles. The van der Waals surface area contributed by atoms with Crippen molar-refractivity contribution < 1.29 is 4.79 Å². The Hall–Kier alpha value is -0.520. The second-order valence-corrected chi connectivity index (χ2v) is 6.84. The average Bonchev–Trinajstić information content (AvgIpc) is 2.53. The van der Waals surface area contributed by atoms with Crippen LogP contribution in [0.3, 0.4) is 0 Å². The number of unbranched alkanes of at least 4 members (excludes halogenated alkanes) is 1. The highest BCUT2D eigenvalue weighted by atomic mass is 127. The van der Waals surface area contributed by atoms with Gasteiger partial charge in [-0.05, 0) is 31.2 Å². The summed E-state index contributed by atoms with van der Waals surface area (Å²) in [5, 5.41) is 0. The fraction of sp³-hybridized carbons (Fsp3) is 0.722. The third-order valence-corrected chi connectivity index (χ3v) is 4.96. The zero-order valence-corrected chi connectivity index (χ0v) is 16.3. The minimum absolute atomic E-state index is 0.153. The summed E-state index contributed by atoms with van der Waals surface area (Å²) in [6, 6.07) is 2.01. The first-order valence-corrected chi connectivity index (χ1v) is 10.0. The third kappa shape index (κ3) is 6.71. The van der Waals surface area contributed by atoms with Crippen molar-refractivity contribution in [2.75, 3.05) is 4.43 Å². The molecule has 0 fully saturated rings. The van der Waals surface area contributed by atoms with Gasteiger partial charge in [0.2, 0.25) is 0 Å². The Labute approximate surface area is 148 Å². The highest BCUT2D eigenvalue weighted by molar-refractivity contribution is 14.1. The van der Waals surface area contributed by atoms with E-state index in [4.69, 9.17) is 0 Å². The second kappa shape index (κ2) is 11.1. The molecule has 0 N–H and O–H groups in total. The normalized spacial score (nSPS) is 13.8. The molecule has 0 saturated heterocycles. The van der Waals surface area contributed by atoms with Gasteiger partial charge in [-0.15, -0.1) is 0 Å². The van der Waals surface area contributed by atoms with E-state index in [1.165, 1.54) is 12.8 Å². The number of carbonyl (C=O) groups is 1. The van der Waals surface area contributed by atoms with Gasteiger partial charge in [0.15, 0.2) is 0 Å². The summed E-state index contributed by atoms with van der Waals surface area (Å²) in [5.41, 5.74) is 1.13. The number of ketones is 1. The van der Waals surface area contributed by atoms with Crippen molar-refractivity contribution in [3.05, 3.63) is 23.8 Å². The Balaban J connectivity index is 2.65. The number of hydrogen-bond acceptors (Lipinski definition) is 3. The number of nitrogens with zero attached hydrogens (tertiary/aromatic N) is 2. The van der Waals surface area contributed by atoms with Crippen molar-refractivity contribution >= 4 is 28.4 Å². The molecule has 2 atom stereocenters. The molecule has 0 radical (unpaired) electrons. The van der Waals surface area contributed by atoms with Gasteiger partial charge < -0.3 is 0 Å². The van der Waals surface area contributed by atoms with E-state index < -0.39 is 0 Å². The number of halogens is 1. The predicted molar refractivity (Wildman–Crippen MR) is 100 cm³/mol. The first-order chi connectivity index (χ1) is 10.6. The largest absolute Gasteiger partial charge is 0.299 e. The van der Waals surface area contributed by atoms with E-state index >= 15 is 0 Å². The van der Waals surface area contributed by atoms with E-state index in [1.54, 1.807) is 0 Å². The minimum atomic E-state index is 0.153. The molecular formula is C18H29IN2O. The lowest BCUT2D eigenvalue weighted by molar-refractivity contribution is -0.121. The van der Waals surface area contributed by atoms with E-state index in [9.17, 15) is 4.79 Å². The summed E-state index contributed by atoms with van der Waals surface area (Å²) in [7, 11) is 0. The van der Waals surface area contributed by atoms with Crippen LogP contribution in [0.4, 0.5) is 0 Å². The lowest BCUT2D eigenvalue weighted by Crippen LogP contribution is -2.24. The van der Waals surface area contributed by atoms with Crippen molar-refractivity contribution in [1.82, 2.24) is 9.97 Å². The summed E-state index contributed by atoms with van der Waals surface area (Å²) in [6.45, 7) is 6.58. The van der Waals surface area contributed by atoms with Gasteiger partial charge in [-0.25, -0.2) is 9.97 Å². The summed E-state index contributed by atoms with van der Waals surface area (Å²) in [5.74, 6) is 1.88. The number of alkyl halides is 1. The van der Waals surface area contributed by atoms with Gasteiger partial charge in [0.1, 0.15) is 11.6 Å². The summed E-state index contributed by atoms with van der Waals surface area (Å²) >= 11 is 2.18. The van der Waals surface area contributed by atoms with Crippen LogP contribution in [-0.4, -0.2) is 20.2 Å². The van der Waals surface area contributed by atoms with Crippen LogP contribution in [0, 0.1) is 11.8 Å². The zero-order valence-electron chi connectivity index (χ0n) is 14.1. The van der Waals surface area contributed by atoms with Crippen LogP contribution in [0.1, 0.15) is 64.4 Å². The fourth-order valence-corrected chi connectivity index (χ4v) is 3.43. The number of carbonyl (C=O) groups excluding carboxylic acids is 1. The van der Waals surface area contributed by atoms with Crippen molar-refractivity contribution in [2.24, 2.45) is 11.8 Å². The molecule has 3 nitrogen and oxygen atoms in total. The van der Waals surface area contributed by atoms with Crippen LogP contribution in [0.25, 0.3) is 0 Å². The summed E-state index contributed by atoms with van der Waals surface area (Å²) in [6.07, 6.45) is 9.16. The maximum Gasteiger partial charge on any atom is 0.145 e. The summed E-state index contributed by atoms with van der Waals surface area (Å²) in [4.78, 5) is 21.2. The van der Waals surface area contributed by atoms with Gasteiger partial charge in [-0.2, -0.15) is 0 Å². The predicted octanol–water partition coefficient (Wildman–Crippen LogP) is 4.81. The highest BCUT2D eigenvalue weighted by Gasteiger charge is 2.23. The molecule has 1 heterocycles. The Morgan fingerprint density at radius 1 is 1.23 bits per heavy atom. The van der Waals surface area contributed by atoms with E-state index in [0.29, 0.717) is 16.1 Å². The van der Waals surface area contributed by atoms with Crippen molar-refractivity contribution in [2.45, 2.75) is 65.7 Å². The van der Waals surface area contributed by atoms with E-state index in [2.05, 4.69) is 53.3 Å². The molecule has 0 bridgehead atoms. The molecule has 0 aliphatic rings. The van der Waals surface area contributed by atoms with E-state index in [1.807, 2.05) is 12.3 Å². The number of rotatable bonds is 11.